The topological polar surface area (TPSA) is 87.6 Å². The molecule has 3 aliphatic rings. The van der Waals surface area contributed by atoms with Crippen molar-refractivity contribution in [3.63, 3.8) is 0 Å². The number of hydrogen-bond donors (Lipinski definition) is 2. The molecule has 2 aromatic heterocycles. The Labute approximate surface area is 201 Å². The molecule has 1 saturated carbocycles. The zero-order valence-electron chi connectivity index (χ0n) is 20.1. The fraction of sp³-hybridized carbons (Fsp3) is 0.593. The van der Waals surface area contributed by atoms with Crippen LogP contribution >= 0.6 is 0 Å². The third kappa shape index (κ3) is 5.10. The van der Waals surface area contributed by atoms with Gasteiger partial charge in [-0.3, -0.25) is 14.7 Å². The zero-order chi connectivity index (χ0) is 23.5. The maximum absolute atomic E-state index is 12.1. The van der Waals surface area contributed by atoms with Gasteiger partial charge in [0.15, 0.2) is 0 Å². The van der Waals surface area contributed by atoms with E-state index in [0.29, 0.717) is 13.1 Å². The minimum absolute atomic E-state index is 0.109. The molecule has 5 rings (SSSR count). The molecule has 7 nitrogen and oxygen atoms in total. The van der Waals surface area contributed by atoms with Crippen molar-refractivity contribution in [1.82, 2.24) is 14.9 Å². The van der Waals surface area contributed by atoms with Crippen LogP contribution in [-0.2, 0) is 27.8 Å². The SMILES string of the molecule is CC1(c2ccncc2C(C(=O)O)N2CC(OCCCCCc3ccc4c(n3)NCCC4)C2)CC1. The summed E-state index contributed by atoms with van der Waals surface area (Å²) < 4.78 is 6.03. The molecule has 2 N–H and O–H groups in total. The predicted octanol–water partition coefficient (Wildman–Crippen LogP) is 4.13. The van der Waals surface area contributed by atoms with E-state index >= 15 is 0 Å². The number of nitrogens with zero attached hydrogens (tertiary/aromatic N) is 3. The number of pyridine rings is 2. The lowest BCUT2D eigenvalue weighted by atomic mass is 9.89. The molecule has 2 aliphatic heterocycles. The van der Waals surface area contributed by atoms with Gasteiger partial charge in [0.25, 0.3) is 0 Å². The van der Waals surface area contributed by atoms with Crippen molar-refractivity contribution in [2.75, 3.05) is 31.6 Å². The maximum Gasteiger partial charge on any atom is 0.325 e. The number of aromatic nitrogens is 2. The lowest BCUT2D eigenvalue weighted by Gasteiger charge is -2.43. The van der Waals surface area contributed by atoms with E-state index in [-0.39, 0.29) is 11.5 Å². The van der Waals surface area contributed by atoms with E-state index in [2.05, 4.69) is 29.4 Å². The van der Waals surface area contributed by atoms with Gasteiger partial charge in [-0.2, -0.15) is 0 Å². The molecule has 1 saturated heterocycles. The second kappa shape index (κ2) is 10.0. The molecule has 0 aromatic carbocycles. The number of carbonyl (C=O) groups is 1. The second-order valence-corrected chi connectivity index (χ2v) is 10.4. The van der Waals surface area contributed by atoms with Crippen molar-refractivity contribution < 1.29 is 14.6 Å². The summed E-state index contributed by atoms with van der Waals surface area (Å²) in [6.07, 6.45) is 12.4. The largest absolute Gasteiger partial charge is 0.480 e. The Morgan fingerprint density at radius 2 is 2.12 bits per heavy atom. The van der Waals surface area contributed by atoms with E-state index in [1.165, 1.54) is 17.7 Å². The summed E-state index contributed by atoms with van der Waals surface area (Å²) in [5.74, 6) is 0.272. The Balaban J connectivity index is 1.03. The molecule has 0 radical (unpaired) electrons. The molecule has 4 heterocycles. The lowest BCUT2D eigenvalue weighted by Crippen LogP contribution is -2.55. The van der Waals surface area contributed by atoms with Crippen molar-refractivity contribution in [3.8, 4) is 0 Å². The number of ether oxygens (including phenoxy) is 1. The average Bonchev–Trinajstić information content (AvgIpc) is 3.57. The molecule has 0 spiro atoms. The van der Waals surface area contributed by atoms with Gasteiger partial charge in [-0.05, 0) is 73.6 Å². The minimum Gasteiger partial charge on any atom is -0.480 e. The molecule has 34 heavy (non-hydrogen) atoms. The fourth-order valence-electron chi connectivity index (χ4n) is 5.25. The molecule has 1 atom stereocenters. The number of anilines is 1. The van der Waals surface area contributed by atoms with Crippen LogP contribution in [0.4, 0.5) is 5.82 Å². The highest BCUT2D eigenvalue weighted by molar-refractivity contribution is 5.76. The Hall–Kier alpha value is -2.51. The third-order valence-electron chi connectivity index (χ3n) is 7.65. The number of rotatable bonds is 11. The first-order valence-electron chi connectivity index (χ1n) is 12.8. The highest BCUT2D eigenvalue weighted by atomic mass is 16.5. The predicted molar refractivity (Wildman–Crippen MR) is 131 cm³/mol. The first-order valence-corrected chi connectivity index (χ1v) is 12.8. The number of unbranched alkanes of at least 4 members (excludes halogenated alkanes) is 2. The van der Waals surface area contributed by atoms with Crippen molar-refractivity contribution in [2.24, 2.45) is 0 Å². The van der Waals surface area contributed by atoms with Crippen LogP contribution in [0.15, 0.2) is 30.6 Å². The van der Waals surface area contributed by atoms with Gasteiger partial charge >= 0.3 is 5.97 Å². The average molecular weight is 465 g/mol. The van der Waals surface area contributed by atoms with Gasteiger partial charge in [0.2, 0.25) is 0 Å². The van der Waals surface area contributed by atoms with Crippen LogP contribution in [0.1, 0.15) is 73.9 Å². The van der Waals surface area contributed by atoms with E-state index in [0.717, 1.165) is 75.0 Å². The maximum atomic E-state index is 12.1. The molecule has 1 aliphatic carbocycles. The number of carboxylic acid groups (broad SMARTS) is 1. The molecule has 7 heteroatoms. The van der Waals surface area contributed by atoms with Gasteiger partial charge in [-0.15, -0.1) is 0 Å². The van der Waals surface area contributed by atoms with Gasteiger partial charge < -0.3 is 15.2 Å². The van der Waals surface area contributed by atoms with E-state index in [9.17, 15) is 9.90 Å². The van der Waals surface area contributed by atoms with Gasteiger partial charge in [-0.25, -0.2) is 4.98 Å². The van der Waals surface area contributed by atoms with Crippen LogP contribution in [0.3, 0.4) is 0 Å². The number of hydrogen-bond acceptors (Lipinski definition) is 6. The third-order valence-corrected chi connectivity index (χ3v) is 7.65. The molecular formula is C27H36N4O3. The van der Waals surface area contributed by atoms with Crippen LogP contribution in [0.25, 0.3) is 0 Å². The van der Waals surface area contributed by atoms with Crippen LogP contribution < -0.4 is 5.32 Å². The molecule has 182 valence electrons. The van der Waals surface area contributed by atoms with E-state index in [1.54, 1.807) is 12.4 Å². The number of aliphatic carboxylic acids is 1. The molecule has 2 aromatic rings. The Bertz CT molecular complexity index is 1020. The smallest absolute Gasteiger partial charge is 0.325 e. The van der Waals surface area contributed by atoms with Gasteiger partial charge in [0.1, 0.15) is 11.9 Å². The fourth-order valence-corrected chi connectivity index (χ4v) is 5.25. The zero-order valence-corrected chi connectivity index (χ0v) is 20.1. The summed E-state index contributed by atoms with van der Waals surface area (Å²) in [6.45, 7) is 5.29. The summed E-state index contributed by atoms with van der Waals surface area (Å²) in [7, 11) is 0. The van der Waals surface area contributed by atoms with Crippen molar-refractivity contribution >= 4 is 11.8 Å². The Morgan fingerprint density at radius 1 is 1.26 bits per heavy atom. The first kappa shape index (κ1) is 23.2. The van der Waals surface area contributed by atoms with Crippen LogP contribution in [0, 0.1) is 0 Å². The standard InChI is InChI=1S/C27H36N4O3/c1-27(11-12-27)23-10-14-28-16-22(23)24(26(32)33)31-17-21(18-31)34-15-4-2-3-7-20-9-8-19-6-5-13-29-25(19)30-20/h8-10,14,16,21,24H,2-7,11-13,15,17-18H2,1H3,(H,29,30)(H,32,33). The number of aryl methyl sites for hydroxylation is 2. The normalized spacial score (nSPS) is 20.1. The van der Waals surface area contributed by atoms with Crippen molar-refractivity contribution in [1.29, 1.82) is 0 Å². The number of likely N-dealkylation sites (tertiary alicyclic amines) is 1. The molecule has 1 unspecified atom stereocenters. The van der Waals surface area contributed by atoms with Gasteiger partial charge in [0.05, 0.1) is 6.10 Å². The summed E-state index contributed by atoms with van der Waals surface area (Å²) >= 11 is 0. The monoisotopic (exact) mass is 464 g/mol. The summed E-state index contributed by atoms with van der Waals surface area (Å²) in [6, 6.07) is 5.75. The molecule has 2 fully saturated rings. The molecule has 0 amide bonds. The van der Waals surface area contributed by atoms with Crippen LogP contribution in [0.5, 0.6) is 0 Å². The van der Waals surface area contributed by atoms with Gasteiger partial charge in [0, 0.05) is 49.9 Å². The van der Waals surface area contributed by atoms with Crippen LogP contribution in [-0.4, -0.2) is 58.3 Å². The highest BCUT2D eigenvalue weighted by Crippen LogP contribution is 2.50. The minimum atomic E-state index is -0.803. The first-order chi connectivity index (χ1) is 16.5. The van der Waals surface area contributed by atoms with Crippen molar-refractivity contribution in [3.05, 3.63) is 53.0 Å². The quantitative estimate of drug-likeness (QED) is 0.484. The summed E-state index contributed by atoms with van der Waals surface area (Å²) in [5, 5.41) is 13.4. The Morgan fingerprint density at radius 3 is 2.91 bits per heavy atom. The number of carboxylic acids is 1. The van der Waals surface area contributed by atoms with E-state index in [1.807, 2.05) is 11.0 Å². The molecular weight excluding hydrogens is 428 g/mol. The lowest BCUT2D eigenvalue weighted by molar-refractivity contribution is -0.151. The highest BCUT2D eigenvalue weighted by Gasteiger charge is 2.45. The summed E-state index contributed by atoms with van der Waals surface area (Å²) in [5.41, 5.74) is 4.60. The van der Waals surface area contributed by atoms with Crippen LogP contribution in [0.2, 0.25) is 0 Å². The number of nitrogens with one attached hydrogen (secondary N) is 1. The van der Waals surface area contributed by atoms with E-state index < -0.39 is 12.0 Å². The second-order valence-electron chi connectivity index (χ2n) is 10.4. The van der Waals surface area contributed by atoms with E-state index in [4.69, 9.17) is 9.72 Å². The van der Waals surface area contributed by atoms with Crippen molar-refractivity contribution in [2.45, 2.75) is 75.9 Å². The molecule has 0 bridgehead atoms. The number of fused-ring (bicyclic) bond motifs is 1. The summed E-state index contributed by atoms with van der Waals surface area (Å²) in [4.78, 5) is 23.2. The Kier molecular flexibility index (Phi) is 6.84. The van der Waals surface area contributed by atoms with Gasteiger partial charge in [-0.1, -0.05) is 19.4 Å².